The minimum atomic E-state index is -0.264. The Labute approximate surface area is 221 Å². The molecule has 0 bridgehead atoms. The zero-order valence-corrected chi connectivity index (χ0v) is 23.5. The number of hydrogen-bond acceptors (Lipinski definition) is 6. The van der Waals surface area contributed by atoms with Crippen molar-refractivity contribution in [2.75, 3.05) is 44.4 Å². The molecule has 3 heterocycles. The normalized spacial score (nSPS) is 16.2. The minimum Gasteiger partial charge on any atom is -0.353 e. The topological polar surface area (TPSA) is 70.5 Å². The van der Waals surface area contributed by atoms with E-state index in [9.17, 15) is 9.59 Å². The Hall–Kier alpha value is -2.62. The van der Waals surface area contributed by atoms with E-state index in [0.717, 1.165) is 34.6 Å². The number of carbonyl (C=O) groups excluding carboxylic acids is 2. The van der Waals surface area contributed by atoms with Crippen LogP contribution >= 0.6 is 23.1 Å². The molecule has 9 heteroatoms. The number of anilines is 1. The van der Waals surface area contributed by atoms with E-state index in [1.54, 1.807) is 28.0 Å². The number of nitrogens with one attached hydrogen (secondary N) is 1. The molecule has 192 valence electrons. The van der Waals surface area contributed by atoms with E-state index in [-0.39, 0.29) is 34.8 Å². The van der Waals surface area contributed by atoms with Gasteiger partial charge in [0.2, 0.25) is 11.8 Å². The lowest BCUT2D eigenvalue weighted by Gasteiger charge is -2.24. The molecule has 36 heavy (non-hydrogen) atoms. The number of likely N-dealkylation sites (N-methyl/N-ethyl adjacent to an activating group) is 1. The molecular weight excluding hydrogens is 490 g/mol. The van der Waals surface area contributed by atoms with Crippen molar-refractivity contribution < 1.29 is 9.59 Å². The molecule has 0 saturated heterocycles. The third kappa shape index (κ3) is 5.53. The summed E-state index contributed by atoms with van der Waals surface area (Å²) in [5.41, 5.74) is 4.81. The number of carbonyl (C=O) groups is 2. The van der Waals surface area contributed by atoms with Crippen LogP contribution in [0.1, 0.15) is 48.4 Å². The number of rotatable bonds is 7. The van der Waals surface area contributed by atoms with Gasteiger partial charge >= 0.3 is 0 Å². The van der Waals surface area contributed by atoms with E-state index in [0.29, 0.717) is 12.4 Å². The second-order valence-electron chi connectivity index (χ2n) is 10.4. The van der Waals surface area contributed by atoms with Crippen LogP contribution in [0.15, 0.2) is 41.1 Å². The fraction of sp³-hybridized carbons (Fsp3) is 0.444. The molecule has 0 radical (unpaired) electrons. The van der Waals surface area contributed by atoms with Crippen molar-refractivity contribution in [1.82, 2.24) is 20.0 Å². The van der Waals surface area contributed by atoms with Gasteiger partial charge in [-0.3, -0.25) is 14.5 Å². The third-order valence-electron chi connectivity index (χ3n) is 6.17. The van der Waals surface area contributed by atoms with E-state index >= 15 is 0 Å². The molecule has 0 aliphatic carbocycles. The highest BCUT2D eigenvalue weighted by atomic mass is 32.2. The van der Waals surface area contributed by atoms with Gasteiger partial charge in [-0.25, -0.2) is 4.68 Å². The first-order chi connectivity index (χ1) is 17.1. The molecule has 7 nitrogen and oxygen atoms in total. The first kappa shape index (κ1) is 26.4. The molecule has 1 aliphatic heterocycles. The average molecular weight is 526 g/mol. The van der Waals surface area contributed by atoms with E-state index in [1.807, 2.05) is 54.9 Å². The van der Waals surface area contributed by atoms with Gasteiger partial charge in [0.1, 0.15) is 12.4 Å². The largest absolute Gasteiger partial charge is 0.353 e. The number of para-hydroxylation sites is 1. The highest BCUT2D eigenvalue weighted by Crippen LogP contribution is 2.48. The maximum absolute atomic E-state index is 13.6. The quantitative estimate of drug-likeness (QED) is 0.496. The van der Waals surface area contributed by atoms with Gasteiger partial charge in [-0.15, -0.1) is 11.8 Å². The van der Waals surface area contributed by atoms with Crippen LogP contribution in [-0.2, 0) is 15.0 Å². The number of nitrogens with zero attached hydrogens (tertiary/aromatic N) is 4. The van der Waals surface area contributed by atoms with Crippen LogP contribution in [0.2, 0.25) is 0 Å². The lowest BCUT2D eigenvalue weighted by molar-refractivity contribution is -0.122. The number of thiophene rings is 1. The molecule has 0 saturated carbocycles. The predicted octanol–water partition coefficient (Wildman–Crippen LogP) is 4.39. The minimum absolute atomic E-state index is 0.0443. The first-order valence-corrected chi connectivity index (χ1v) is 14.1. The van der Waals surface area contributed by atoms with Gasteiger partial charge in [0.15, 0.2) is 0 Å². The van der Waals surface area contributed by atoms with Crippen LogP contribution in [0.5, 0.6) is 0 Å². The summed E-state index contributed by atoms with van der Waals surface area (Å²) in [5.74, 6) is 0.724. The molecule has 0 unspecified atom stereocenters. The molecule has 1 N–H and O–H groups in total. The van der Waals surface area contributed by atoms with Crippen LogP contribution in [-0.4, -0.2) is 66.0 Å². The number of aromatic nitrogens is 2. The number of benzene rings is 1. The van der Waals surface area contributed by atoms with Crippen molar-refractivity contribution in [2.45, 2.75) is 38.4 Å². The van der Waals surface area contributed by atoms with Gasteiger partial charge in [0.05, 0.1) is 22.4 Å². The summed E-state index contributed by atoms with van der Waals surface area (Å²) >= 11 is 3.26. The molecule has 0 fully saturated rings. The molecule has 4 rings (SSSR count). The second kappa shape index (κ2) is 10.8. The highest BCUT2D eigenvalue weighted by Gasteiger charge is 2.40. The number of fused-ring (bicyclic) bond motifs is 1. The first-order valence-electron chi connectivity index (χ1n) is 12.1. The van der Waals surface area contributed by atoms with Gasteiger partial charge in [0.25, 0.3) is 0 Å². The van der Waals surface area contributed by atoms with Crippen LogP contribution in [0, 0.1) is 6.92 Å². The molecule has 1 aliphatic rings. The molecule has 2 aromatic heterocycles. The lowest BCUT2D eigenvalue weighted by atomic mass is 9.87. The Kier molecular flexibility index (Phi) is 7.92. The Bertz CT molecular complexity index is 1230. The van der Waals surface area contributed by atoms with Crippen molar-refractivity contribution in [1.29, 1.82) is 0 Å². The highest BCUT2D eigenvalue weighted by molar-refractivity contribution is 8.00. The predicted molar refractivity (Wildman–Crippen MR) is 150 cm³/mol. The number of hydrogen-bond donors (Lipinski definition) is 1. The van der Waals surface area contributed by atoms with Crippen molar-refractivity contribution in [3.63, 3.8) is 0 Å². The summed E-state index contributed by atoms with van der Waals surface area (Å²) in [6.45, 7) is 9.71. The maximum atomic E-state index is 13.6. The van der Waals surface area contributed by atoms with E-state index < -0.39 is 0 Å². The molecule has 3 aromatic rings. The molecule has 1 aromatic carbocycles. The zero-order valence-electron chi connectivity index (χ0n) is 21.9. The Morgan fingerprint density at radius 1 is 1.22 bits per heavy atom. The Balaban J connectivity index is 1.91. The monoisotopic (exact) mass is 525 g/mol. The van der Waals surface area contributed by atoms with Crippen molar-refractivity contribution in [3.8, 4) is 5.69 Å². The van der Waals surface area contributed by atoms with Gasteiger partial charge < -0.3 is 10.2 Å². The van der Waals surface area contributed by atoms with Gasteiger partial charge in [0, 0.05) is 24.1 Å². The fourth-order valence-corrected chi connectivity index (χ4v) is 6.31. The van der Waals surface area contributed by atoms with Crippen LogP contribution in [0.3, 0.4) is 0 Å². The summed E-state index contributed by atoms with van der Waals surface area (Å²) in [5, 5.41) is 12.3. The summed E-state index contributed by atoms with van der Waals surface area (Å²) < 4.78 is 1.89. The van der Waals surface area contributed by atoms with Crippen molar-refractivity contribution in [3.05, 3.63) is 63.5 Å². The molecule has 1 atom stereocenters. The van der Waals surface area contributed by atoms with Crippen LogP contribution < -0.4 is 10.2 Å². The molecular formula is C27H35N5O2S2. The smallest absolute Gasteiger partial charge is 0.240 e. The molecule has 0 spiro atoms. The summed E-state index contributed by atoms with van der Waals surface area (Å²) in [7, 11) is 3.93. The van der Waals surface area contributed by atoms with Crippen molar-refractivity contribution >= 4 is 40.7 Å². The average Bonchev–Trinajstić information content (AvgIpc) is 3.44. The Morgan fingerprint density at radius 2 is 1.97 bits per heavy atom. The van der Waals surface area contributed by atoms with Crippen LogP contribution in [0.4, 0.5) is 5.82 Å². The van der Waals surface area contributed by atoms with E-state index in [4.69, 9.17) is 5.10 Å². The fourth-order valence-electron chi connectivity index (χ4n) is 4.35. The Morgan fingerprint density at radius 3 is 2.61 bits per heavy atom. The van der Waals surface area contributed by atoms with E-state index in [1.165, 1.54) is 0 Å². The van der Waals surface area contributed by atoms with Gasteiger partial charge in [-0.2, -0.15) is 16.4 Å². The summed E-state index contributed by atoms with van der Waals surface area (Å²) in [6.07, 6.45) is 0. The standard InChI is InChI=1S/C27H35N5O2S2/c1-18-9-7-8-10-20(18)32-26-23(25(29-32)27(2,3)4)24(19-11-14-35-16-19)36-17-22(34)31(26)15-21(33)28-12-13-30(5)6/h7-11,14,16,24H,12-13,15,17H2,1-6H3,(H,28,33)/t24-/m1/s1. The van der Waals surface area contributed by atoms with Crippen LogP contribution in [0.25, 0.3) is 5.69 Å². The lowest BCUT2D eigenvalue weighted by Crippen LogP contribution is -2.43. The third-order valence-corrected chi connectivity index (χ3v) is 8.13. The number of aryl methyl sites for hydroxylation is 1. The second-order valence-corrected chi connectivity index (χ2v) is 12.3. The summed E-state index contributed by atoms with van der Waals surface area (Å²) in [4.78, 5) is 30.3. The SMILES string of the molecule is Cc1ccccc1-n1nc(C(C)(C)C)c2c1N(CC(=O)NCCN(C)C)C(=O)CS[C@@H]2c1ccsc1. The van der Waals surface area contributed by atoms with E-state index in [2.05, 4.69) is 42.9 Å². The van der Waals surface area contributed by atoms with Crippen molar-refractivity contribution in [2.24, 2.45) is 0 Å². The zero-order chi connectivity index (χ0) is 26.0. The number of thioether (sulfide) groups is 1. The summed E-state index contributed by atoms with van der Waals surface area (Å²) in [6, 6.07) is 10.2. The van der Waals surface area contributed by atoms with Gasteiger partial charge in [-0.05, 0) is 55.0 Å². The maximum Gasteiger partial charge on any atom is 0.240 e. The number of amides is 2. The molecule has 2 amide bonds. The van der Waals surface area contributed by atoms with Gasteiger partial charge in [-0.1, -0.05) is 39.0 Å².